The number of anilines is 1. The lowest BCUT2D eigenvalue weighted by Crippen LogP contribution is -2.87. The molecule has 144 valence electrons. The maximum Gasteiger partial charge on any atom is 0.277 e. The lowest BCUT2D eigenvalue weighted by Gasteiger charge is -2.36. The number of hydrogen-bond donors (Lipinski definition) is 1. The van der Waals surface area contributed by atoms with Crippen molar-refractivity contribution in [2.75, 3.05) is 44.7 Å². The van der Waals surface area contributed by atoms with Crippen LogP contribution in [-0.2, 0) is 4.79 Å². The van der Waals surface area contributed by atoms with Crippen LogP contribution in [-0.4, -0.2) is 50.6 Å². The number of nitrogens with zero attached hydrogens (tertiary/aromatic N) is 2. The first-order valence-electron chi connectivity index (χ1n) is 9.33. The van der Waals surface area contributed by atoms with Crippen molar-refractivity contribution < 1.29 is 14.8 Å². The van der Waals surface area contributed by atoms with Gasteiger partial charge in [0.15, 0.2) is 6.54 Å². The van der Waals surface area contributed by atoms with Crippen LogP contribution in [0.15, 0.2) is 48.5 Å². The zero-order valence-electron chi connectivity index (χ0n) is 15.9. The summed E-state index contributed by atoms with van der Waals surface area (Å²) in [5, 5.41) is 2.81. The minimum atomic E-state index is 0.190. The smallest absolute Gasteiger partial charge is 0.277 e. The molecular formula is C21H27ClN3O2+. The highest BCUT2D eigenvalue weighted by atomic mass is 35.5. The Labute approximate surface area is 165 Å². The normalized spacial score (nSPS) is 15.5. The number of benzene rings is 2. The average Bonchev–Trinajstić information content (AvgIpc) is 2.72. The van der Waals surface area contributed by atoms with E-state index in [2.05, 4.69) is 23.2 Å². The van der Waals surface area contributed by atoms with E-state index in [1.54, 1.807) is 7.11 Å². The summed E-state index contributed by atoms with van der Waals surface area (Å²) in [7, 11) is 1.69. The molecule has 2 aromatic carbocycles. The molecule has 1 fully saturated rings. The molecule has 2 aromatic rings. The Balaban J connectivity index is 1.49. The quantitative estimate of drug-likeness (QED) is 0.826. The lowest BCUT2D eigenvalue weighted by molar-refractivity contribution is -0.683. The lowest BCUT2D eigenvalue weighted by atomic mass is 10.1. The van der Waals surface area contributed by atoms with Crippen LogP contribution in [0.3, 0.4) is 0 Å². The summed E-state index contributed by atoms with van der Waals surface area (Å²) in [5.41, 5.74) is 2.27. The number of carbonyl (C=O) groups is 1. The van der Waals surface area contributed by atoms with Gasteiger partial charge < -0.3 is 19.9 Å². The summed E-state index contributed by atoms with van der Waals surface area (Å²) < 4.78 is 5.45. The molecule has 5 nitrogen and oxygen atoms in total. The molecule has 0 saturated carbocycles. The Kier molecular flexibility index (Phi) is 6.58. The Morgan fingerprint density at radius 1 is 1.11 bits per heavy atom. The molecule has 1 aliphatic rings. The van der Waals surface area contributed by atoms with Gasteiger partial charge in [-0.2, -0.15) is 0 Å². The second kappa shape index (κ2) is 9.11. The van der Waals surface area contributed by atoms with Crippen LogP contribution in [0.5, 0.6) is 5.75 Å². The molecule has 0 aliphatic carbocycles. The number of quaternary nitrogens is 1. The van der Waals surface area contributed by atoms with E-state index in [9.17, 15) is 4.79 Å². The van der Waals surface area contributed by atoms with E-state index in [-0.39, 0.29) is 11.9 Å². The fourth-order valence-corrected chi connectivity index (χ4v) is 3.52. The van der Waals surface area contributed by atoms with Gasteiger partial charge in [-0.05, 0) is 31.2 Å². The number of halogens is 1. The number of amides is 1. The van der Waals surface area contributed by atoms with E-state index in [0.29, 0.717) is 6.54 Å². The number of methoxy groups -OCH3 is 1. The van der Waals surface area contributed by atoms with Gasteiger partial charge in [0.05, 0.1) is 12.8 Å². The number of hydrogen-bond acceptors (Lipinski definition) is 3. The highest BCUT2D eigenvalue weighted by Gasteiger charge is 2.24. The average molecular weight is 389 g/mol. The molecule has 1 atom stereocenters. The standard InChI is InChI=1S/C21H26ClN3O2/c1-16(17-7-9-18(22)10-8-17)23-15-21(26)25-13-11-24(12-14-25)19-5-3-4-6-20(19)27-2/h3-10,16,23H,11-15H2,1-2H3/p+1/t16-/m0/s1. The van der Waals surface area contributed by atoms with Gasteiger partial charge in [0.1, 0.15) is 11.8 Å². The van der Waals surface area contributed by atoms with Gasteiger partial charge in [-0.3, -0.25) is 4.79 Å². The van der Waals surface area contributed by atoms with E-state index in [1.165, 1.54) is 5.56 Å². The Morgan fingerprint density at radius 3 is 2.44 bits per heavy atom. The molecule has 1 aliphatic heterocycles. The fraction of sp³-hybridized carbons (Fsp3) is 0.381. The molecular weight excluding hydrogens is 362 g/mol. The first kappa shape index (κ1) is 19.5. The SMILES string of the molecule is COc1ccccc1N1CCN(C(=O)C[NH2+][C@@H](C)c2ccc(Cl)cc2)CC1. The van der Waals surface area contributed by atoms with Crippen LogP contribution >= 0.6 is 11.6 Å². The summed E-state index contributed by atoms with van der Waals surface area (Å²) in [6.45, 7) is 5.67. The molecule has 1 saturated heterocycles. The van der Waals surface area contributed by atoms with Crippen LogP contribution in [0.2, 0.25) is 5.02 Å². The second-order valence-corrected chi connectivity index (χ2v) is 7.26. The van der Waals surface area contributed by atoms with Crippen molar-refractivity contribution in [1.29, 1.82) is 0 Å². The van der Waals surface area contributed by atoms with Gasteiger partial charge in [0.25, 0.3) is 5.91 Å². The van der Waals surface area contributed by atoms with Gasteiger partial charge in [0.2, 0.25) is 0 Å². The van der Waals surface area contributed by atoms with Crippen LogP contribution in [0.4, 0.5) is 5.69 Å². The number of piperazine rings is 1. The molecule has 27 heavy (non-hydrogen) atoms. The van der Waals surface area contributed by atoms with E-state index in [1.807, 2.05) is 47.4 Å². The van der Waals surface area contributed by atoms with Gasteiger partial charge in [0, 0.05) is 36.8 Å². The molecule has 0 bridgehead atoms. The topological polar surface area (TPSA) is 49.4 Å². The van der Waals surface area contributed by atoms with Gasteiger partial charge in [-0.25, -0.2) is 0 Å². The summed E-state index contributed by atoms with van der Waals surface area (Å²) in [4.78, 5) is 16.8. The number of ether oxygens (including phenoxy) is 1. The molecule has 1 heterocycles. The maximum absolute atomic E-state index is 12.6. The summed E-state index contributed by atoms with van der Waals surface area (Å²) >= 11 is 5.94. The first-order chi connectivity index (χ1) is 13.1. The number of rotatable bonds is 6. The van der Waals surface area contributed by atoms with E-state index in [4.69, 9.17) is 16.3 Å². The van der Waals surface area contributed by atoms with Crippen LogP contribution < -0.4 is 15.0 Å². The zero-order valence-corrected chi connectivity index (χ0v) is 16.7. The van der Waals surface area contributed by atoms with Crippen LogP contribution in [0.25, 0.3) is 0 Å². The molecule has 0 spiro atoms. The summed E-state index contributed by atoms with van der Waals surface area (Å²) in [5.74, 6) is 1.07. The van der Waals surface area contributed by atoms with Crippen LogP contribution in [0, 0.1) is 0 Å². The minimum Gasteiger partial charge on any atom is -0.495 e. The molecule has 0 aromatic heterocycles. The number of nitrogens with two attached hydrogens (primary N) is 1. The monoisotopic (exact) mass is 388 g/mol. The van der Waals surface area contributed by atoms with Gasteiger partial charge in [-0.1, -0.05) is 35.9 Å². The van der Waals surface area contributed by atoms with Crippen molar-refractivity contribution in [3.05, 3.63) is 59.1 Å². The molecule has 2 N–H and O–H groups in total. The Bertz CT molecular complexity index is 758. The summed E-state index contributed by atoms with van der Waals surface area (Å²) in [6, 6.07) is 16.1. The highest BCUT2D eigenvalue weighted by Crippen LogP contribution is 2.28. The summed E-state index contributed by atoms with van der Waals surface area (Å²) in [6.07, 6.45) is 0. The molecule has 3 rings (SSSR count). The van der Waals surface area contributed by atoms with Crippen molar-refractivity contribution in [3.8, 4) is 5.75 Å². The zero-order chi connectivity index (χ0) is 19.2. The van der Waals surface area contributed by atoms with E-state index >= 15 is 0 Å². The minimum absolute atomic E-state index is 0.190. The van der Waals surface area contributed by atoms with Crippen molar-refractivity contribution in [3.63, 3.8) is 0 Å². The molecule has 1 amide bonds. The number of carbonyl (C=O) groups excluding carboxylic acids is 1. The highest BCUT2D eigenvalue weighted by molar-refractivity contribution is 6.30. The Morgan fingerprint density at radius 2 is 1.78 bits per heavy atom. The van der Waals surface area contributed by atoms with Crippen molar-refractivity contribution >= 4 is 23.2 Å². The third-order valence-corrected chi connectivity index (χ3v) is 5.35. The Hall–Kier alpha value is -2.24. The molecule has 0 unspecified atom stereocenters. The van der Waals surface area contributed by atoms with Crippen LogP contribution in [0.1, 0.15) is 18.5 Å². The number of para-hydroxylation sites is 2. The first-order valence-corrected chi connectivity index (χ1v) is 9.71. The van der Waals surface area contributed by atoms with Crippen molar-refractivity contribution in [2.24, 2.45) is 0 Å². The molecule has 6 heteroatoms. The third-order valence-electron chi connectivity index (χ3n) is 5.10. The van der Waals surface area contributed by atoms with Gasteiger partial charge >= 0.3 is 0 Å². The van der Waals surface area contributed by atoms with E-state index < -0.39 is 0 Å². The van der Waals surface area contributed by atoms with Gasteiger partial charge in [-0.15, -0.1) is 0 Å². The van der Waals surface area contributed by atoms with Crippen molar-refractivity contribution in [1.82, 2.24) is 4.90 Å². The second-order valence-electron chi connectivity index (χ2n) is 6.82. The van der Waals surface area contributed by atoms with E-state index in [0.717, 1.165) is 42.6 Å². The largest absolute Gasteiger partial charge is 0.495 e. The van der Waals surface area contributed by atoms with Crippen molar-refractivity contribution in [2.45, 2.75) is 13.0 Å². The fourth-order valence-electron chi connectivity index (χ4n) is 3.40. The predicted octanol–water partition coefficient (Wildman–Crippen LogP) is 2.32. The third kappa shape index (κ3) is 4.93. The molecule has 0 radical (unpaired) electrons. The maximum atomic E-state index is 12.6. The predicted molar refractivity (Wildman–Crippen MR) is 108 cm³/mol.